The summed E-state index contributed by atoms with van der Waals surface area (Å²) in [5, 5.41) is 4.45. The van der Waals surface area contributed by atoms with Gasteiger partial charge in [-0.15, -0.1) is 0 Å². The first-order valence-electron chi connectivity index (χ1n) is 7.10. The van der Waals surface area contributed by atoms with Crippen LogP contribution in [0.4, 0.5) is 0 Å². The molecule has 1 heterocycles. The normalized spacial score (nSPS) is 22.6. The van der Waals surface area contributed by atoms with E-state index in [0.717, 1.165) is 29.0 Å². The van der Waals surface area contributed by atoms with Gasteiger partial charge in [-0.1, -0.05) is 0 Å². The molecule has 0 amide bonds. The highest BCUT2D eigenvalue weighted by molar-refractivity contribution is 7.99. The third-order valence-corrected chi connectivity index (χ3v) is 5.07. The minimum Gasteiger partial charge on any atom is -0.493 e. The number of methoxy groups -OCH3 is 2. The molecule has 0 aliphatic heterocycles. The van der Waals surface area contributed by atoms with Gasteiger partial charge in [0.2, 0.25) is 0 Å². The van der Waals surface area contributed by atoms with Crippen molar-refractivity contribution in [3.05, 3.63) is 18.0 Å². The number of aromatic nitrogens is 1. The van der Waals surface area contributed by atoms with Crippen LogP contribution in [0, 0.1) is 0 Å². The second kappa shape index (κ2) is 7.74. The second-order valence-electron chi connectivity index (χ2n) is 5.08. The maximum Gasteiger partial charge on any atom is 0.183 e. The van der Waals surface area contributed by atoms with E-state index in [1.165, 1.54) is 25.7 Å². The highest BCUT2D eigenvalue weighted by Gasteiger charge is 2.20. The summed E-state index contributed by atoms with van der Waals surface area (Å²) in [6.45, 7) is 0.731. The second-order valence-corrected chi connectivity index (χ2v) is 6.22. The van der Waals surface area contributed by atoms with Crippen LogP contribution in [0.2, 0.25) is 0 Å². The minimum atomic E-state index is 0.594. The zero-order valence-electron chi connectivity index (χ0n) is 12.5. The van der Waals surface area contributed by atoms with Crippen molar-refractivity contribution in [3.63, 3.8) is 0 Å². The molecule has 0 atom stereocenters. The van der Waals surface area contributed by atoms with Crippen molar-refractivity contribution in [1.82, 2.24) is 10.3 Å². The Morgan fingerprint density at radius 2 is 2.00 bits per heavy atom. The number of nitrogens with one attached hydrogen (secondary N) is 1. The van der Waals surface area contributed by atoms with Gasteiger partial charge in [-0.2, -0.15) is 11.8 Å². The van der Waals surface area contributed by atoms with Crippen molar-refractivity contribution in [1.29, 1.82) is 0 Å². The zero-order chi connectivity index (χ0) is 14.4. The van der Waals surface area contributed by atoms with Gasteiger partial charge in [-0.05, 0) is 31.9 Å². The average Bonchev–Trinajstić information content (AvgIpc) is 2.52. The summed E-state index contributed by atoms with van der Waals surface area (Å²) in [5.74, 6) is 1.48. The van der Waals surface area contributed by atoms with Gasteiger partial charge in [0.25, 0.3) is 0 Å². The van der Waals surface area contributed by atoms with Crippen molar-refractivity contribution in [2.75, 3.05) is 20.5 Å². The fourth-order valence-corrected chi connectivity index (χ4v) is 3.46. The van der Waals surface area contributed by atoms with Gasteiger partial charge in [-0.25, -0.2) is 0 Å². The van der Waals surface area contributed by atoms with Gasteiger partial charge in [0.1, 0.15) is 0 Å². The quantitative estimate of drug-likeness (QED) is 0.874. The SMILES string of the molecule is COc1ccnc(CNC2CCC(SC)CC2)c1OC. The lowest BCUT2D eigenvalue weighted by atomic mass is 9.95. The summed E-state index contributed by atoms with van der Waals surface area (Å²) >= 11 is 2.00. The van der Waals surface area contributed by atoms with Crippen LogP contribution in [0.1, 0.15) is 31.4 Å². The predicted octanol–water partition coefficient (Wildman–Crippen LogP) is 2.86. The summed E-state index contributed by atoms with van der Waals surface area (Å²) in [4.78, 5) is 4.40. The molecule has 0 aromatic carbocycles. The molecule has 1 aromatic heterocycles. The number of hydrogen-bond donors (Lipinski definition) is 1. The van der Waals surface area contributed by atoms with Crippen molar-refractivity contribution in [3.8, 4) is 11.5 Å². The molecule has 112 valence electrons. The third-order valence-electron chi connectivity index (χ3n) is 3.93. The lowest BCUT2D eigenvalue weighted by molar-refractivity contribution is 0.341. The van der Waals surface area contributed by atoms with Crippen LogP contribution in [0.5, 0.6) is 11.5 Å². The molecule has 2 rings (SSSR count). The highest BCUT2D eigenvalue weighted by atomic mass is 32.2. The van der Waals surface area contributed by atoms with Crippen molar-refractivity contribution in [2.24, 2.45) is 0 Å². The molecular formula is C15H24N2O2S. The van der Waals surface area contributed by atoms with Gasteiger partial charge >= 0.3 is 0 Å². The Bertz CT molecular complexity index is 420. The lowest BCUT2D eigenvalue weighted by Crippen LogP contribution is -2.33. The summed E-state index contributed by atoms with van der Waals surface area (Å²) in [6, 6.07) is 2.42. The monoisotopic (exact) mass is 296 g/mol. The Hall–Kier alpha value is -0.940. The van der Waals surface area contributed by atoms with E-state index in [2.05, 4.69) is 16.6 Å². The van der Waals surface area contributed by atoms with E-state index in [9.17, 15) is 0 Å². The van der Waals surface area contributed by atoms with E-state index in [4.69, 9.17) is 9.47 Å². The average molecular weight is 296 g/mol. The molecule has 0 unspecified atom stereocenters. The first-order chi connectivity index (χ1) is 9.78. The van der Waals surface area contributed by atoms with Crippen LogP contribution in [0.3, 0.4) is 0 Å². The number of ether oxygens (including phenoxy) is 2. The Kier molecular flexibility index (Phi) is 5.98. The van der Waals surface area contributed by atoms with Gasteiger partial charge in [0, 0.05) is 30.1 Å². The van der Waals surface area contributed by atoms with E-state index in [-0.39, 0.29) is 0 Å². The van der Waals surface area contributed by atoms with Crippen molar-refractivity contribution >= 4 is 11.8 Å². The number of pyridine rings is 1. The van der Waals surface area contributed by atoms with E-state index >= 15 is 0 Å². The molecular weight excluding hydrogens is 272 g/mol. The number of rotatable bonds is 6. The Morgan fingerprint density at radius 1 is 1.25 bits per heavy atom. The Labute approximate surface area is 125 Å². The molecule has 0 radical (unpaired) electrons. The van der Waals surface area contributed by atoms with Crippen LogP contribution >= 0.6 is 11.8 Å². The Morgan fingerprint density at radius 3 is 2.60 bits per heavy atom. The van der Waals surface area contributed by atoms with Crippen molar-refractivity contribution < 1.29 is 9.47 Å². The van der Waals surface area contributed by atoms with Gasteiger partial charge < -0.3 is 14.8 Å². The summed E-state index contributed by atoms with van der Waals surface area (Å²) in [6.07, 6.45) is 9.09. The van der Waals surface area contributed by atoms with Gasteiger partial charge in [-0.3, -0.25) is 4.98 Å². The van der Waals surface area contributed by atoms with Crippen LogP contribution < -0.4 is 14.8 Å². The number of hydrogen-bond acceptors (Lipinski definition) is 5. The fraction of sp³-hybridized carbons (Fsp3) is 0.667. The first kappa shape index (κ1) is 15.4. The number of thioether (sulfide) groups is 1. The maximum absolute atomic E-state index is 5.41. The molecule has 1 N–H and O–H groups in total. The molecule has 20 heavy (non-hydrogen) atoms. The molecule has 0 spiro atoms. The molecule has 1 aliphatic rings. The van der Waals surface area contributed by atoms with Gasteiger partial charge in [0.05, 0.1) is 19.9 Å². The van der Waals surface area contributed by atoms with Gasteiger partial charge in [0.15, 0.2) is 11.5 Å². The Balaban J connectivity index is 1.91. The van der Waals surface area contributed by atoms with E-state index < -0.39 is 0 Å². The fourth-order valence-electron chi connectivity index (χ4n) is 2.72. The zero-order valence-corrected chi connectivity index (χ0v) is 13.3. The maximum atomic E-state index is 5.41. The van der Waals surface area contributed by atoms with Crippen LogP contribution in [0.25, 0.3) is 0 Å². The summed E-state index contributed by atoms with van der Waals surface area (Å²) in [5.41, 5.74) is 0.916. The largest absolute Gasteiger partial charge is 0.493 e. The lowest BCUT2D eigenvalue weighted by Gasteiger charge is -2.28. The first-order valence-corrected chi connectivity index (χ1v) is 8.39. The van der Waals surface area contributed by atoms with E-state index in [1.54, 1.807) is 20.4 Å². The minimum absolute atomic E-state index is 0.594. The molecule has 1 aromatic rings. The molecule has 1 aliphatic carbocycles. The predicted molar refractivity (Wildman–Crippen MR) is 83.7 cm³/mol. The number of nitrogens with zero attached hydrogens (tertiary/aromatic N) is 1. The summed E-state index contributed by atoms with van der Waals surface area (Å²) < 4.78 is 10.7. The molecule has 0 saturated heterocycles. The highest BCUT2D eigenvalue weighted by Crippen LogP contribution is 2.30. The van der Waals surface area contributed by atoms with Crippen LogP contribution in [-0.4, -0.2) is 36.8 Å². The molecule has 1 saturated carbocycles. The van der Waals surface area contributed by atoms with Crippen molar-refractivity contribution in [2.45, 2.75) is 43.5 Å². The van der Waals surface area contributed by atoms with E-state index in [1.807, 2.05) is 17.8 Å². The molecule has 4 nitrogen and oxygen atoms in total. The van der Waals surface area contributed by atoms with E-state index in [0.29, 0.717) is 6.04 Å². The molecule has 1 fully saturated rings. The smallest absolute Gasteiger partial charge is 0.183 e. The third kappa shape index (κ3) is 3.79. The van der Waals surface area contributed by atoms with Crippen LogP contribution in [-0.2, 0) is 6.54 Å². The van der Waals surface area contributed by atoms with Crippen LogP contribution in [0.15, 0.2) is 12.3 Å². The standard InChI is InChI=1S/C15H24N2O2S/c1-18-14-8-9-16-13(15(14)19-2)10-17-11-4-6-12(20-3)7-5-11/h8-9,11-12,17H,4-7,10H2,1-3H3. The molecule has 0 bridgehead atoms. The summed E-state index contributed by atoms with van der Waals surface area (Å²) in [7, 11) is 3.31. The topological polar surface area (TPSA) is 43.4 Å². The molecule has 5 heteroatoms.